The second kappa shape index (κ2) is 5.49. The second-order valence-corrected chi connectivity index (χ2v) is 7.57. The number of hydrogen-bond acceptors (Lipinski definition) is 2. The van der Waals surface area contributed by atoms with Gasteiger partial charge in [-0.2, -0.15) is 0 Å². The average Bonchev–Trinajstić information content (AvgIpc) is 2.85. The number of likely N-dealkylation sites (tertiary alicyclic amines) is 1. The fourth-order valence-corrected chi connectivity index (χ4v) is 4.56. The van der Waals surface area contributed by atoms with Crippen LogP contribution in [0, 0.1) is 5.41 Å². The summed E-state index contributed by atoms with van der Waals surface area (Å²) in [5, 5.41) is 0. The minimum absolute atomic E-state index is 0.610. The molecule has 2 heteroatoms. The molecule has 1 saturated heterocycles. The number of fused-ring (bicyclic) bond motifs is 1. The van der Waals surface area contributed by atoms with Crippen LogP contribution in [0.4, 0.5) is 0 Å². The van der Waals surface area contributed by atoms with Crippen LogP contribution in [-0.4, -0.2) is 30.3 Å². The van der Waals surface area contributed by atoms with Crippen molar-refractivity contribution in [1.82, 2.24) is 4.90 Å². The van der Waals surface area contributed by atoms with Gasteiger partial charge in [0.15, 0.2) is 0 Å². The highest BCUT2D eigenvalue weighted by atomic mass is 32.2. The lowest BCUT2D eigenvalue weighted by Gasteiger charge is -2.39. The lowest BCUT2D eigenvalue weighted by molar-refractivity contribution is 0.111. The Hall–Kier alpha value is -0.470. The van der Waals surface area contributed by atoms with E-state index in [2.05, 4.69) is 43.0 Å². The Bertz CT molecular complexity index is 435. The Kier molecular flexibility index (Phi) is 3.91. The van der Waals surface area contributed by atoms with E-state index in [0.717, 1.165) is 5.92 Å². The van der Waals surface area contributed by atoms with Crippen molar-refractivity contribution in [3.8, 4) is 0 Å². The topological polar surface area (TPSA) is 3.24 Å². The van der Waals surface area contributed by atoms with Gasteiger partial charge in [-0.1, -0.05) is 38.5 Å². The maximum Gasteiger partial charge on any atom is 0.0108 e. The lowest BCUT2D eigenvalue weighted by atomic mass is 9.78. The number of thioether (sulfide) groups is 1. The van der Waals surface area contributed by atoms with Crippen molar-refractivity contribution in [2.24, 2.45) is 5.41 Å². The van der Waals surface area contributed by atoms with E-state index in [4.69, 9.17) is 0 Å². The quantitative estimate of drug-likeness (QED) is 0.805. The molecule has 1 atom stereocenters. The van der Waals surface area contributed by atoms with E-state index in [1.54, 1.807) is 5.56 Å². The van der Waals surface area contributed by atoms with Crippen molar-refractivity contribution < 1.29 is 0 Å². The van der Waals surface area contributed by atoms with E-state index in [9.17, 15) is 0 Å². The molecule has 2 aliphatic rings. The van der Waals surface area contributed by atoms with Crippen LogP contribution >= 0.6 is 11.8 Å². The Morgan fingerprint density at radius 3 is 2.74 bits per heavy atom. The smallest absolute Gasteiger partial charge is 0.0108 e. The predicted molar refractivity (Wildman–Crippen MR) is 84.0 cm³/mol. The maximum absolute atomic E-state index is 2.70. The van der Waals surface area contributed by atoms with Crippen LogP contribution in [-0.2, 0) is 0 Å². The molecular formula is C17H25NS. The largest absolute Gasteiger partial charge is 0.303 e. The molecule has 0 spiro atoms. The van der Waals surface area contributed by atoms with Gasteiger partial charge in [-0.25, -0.2) is 0 Å². The molecule has 104 valence electrons. The normalized spacial score (nSPS) is 26.3. The van der Waals surface area contributed by atoms with Crippen molar-refractivity contribution in [2.75, 3.05) is 25.4 Å². The Labute approximate surface area is 121 Å². The van der Waals surface area contributed by atoms with E-state index in [-0.39, 0.29) is 0 Å². The molecule has 0 bridgehead atoms. The molecule has 1 nitrogen and oxygen atoms in total. The molecule has 0 radical (unpaired) electrons. The molecule has 3 rings (SSSR count). The van der Waals surface area contributed by atoms with E-state index < -0.39 is 0 Å². The number of hydrogen-bond donors (Lipinski definition) is 0. The number of piperidine rings is 1. The summed E-state index contributed by atoms with van der Waals surface area (Å²) in [6, 6.07) is 8.98. The van der Waals surface area contributed by atoms with E-state index in [0.29, 0.717) is 5.41 Å². The van der Waals surface area contributed by atoms with Crippen LogP contribution < -0.4 is 0 Å². The minimum Gasteiger partial charge on any atom is -0.303 e. The van der Waals surface area contributed by atoms with Crippen LogP contribution in [0.1, 0.15) is 44.6 Å². The molecule has 19 heavy (non-hydrogen) atoms. The SMILES string of the molecule is CCC1(C)CCN(CC2CSc3ccccc32)CC1. The number of benzene rings is 1. The Morgan fingerprint density at radius 2 is 2.00 bits per heavy atom. The molecule has 2 aliphatic heterocycles. The summed E-state index contributed by atoms with van der Waals surface area (Å²) in [5.74, 6) is 2.04. The molecule has 1 aromatic rings. The Morgan fingerprint density at radius 1 is 1.26 bits per heavy atom. The molecule has 0 N–H and O–H groups in total. The van der Waals surface area contributed by atoms with Gasteiger partial charge in [0.05, 0.1) is 0 Å². The lowest BCUT2D eigenvalue weighted by Crippen LogP contribution is -2.40. The van der Waals surface area contributed by atoms with Gasteiger partial charge in [-0.15, -0.1) is 11.8 Å². The average molecular weight is 275 g/mol. The van der Waals surface area contributed by atoms with Gasteiger partial charge in [0.25, 0.3) is 0 Å². The predicted octanol–water partition coefficient (Wildman–Crippen LogP) is 4.39. The van der Waals surface area contributed by atoms with Crippen molar-refractivity contribution in [3.05, 3.63) is 29.8 Å². The van der Waals surface area contributed by atoms with Crippen LogP contribution in [0.15, 0.2) is 29.2 Å². The van der Waals surface area contributed by atoms with Crippen LogP contribution in [0.2, 0.25) is 0 Å². The van der Waals surface area contributed by atoms with Crippen LogP contribution in [0.3, 0.4) is 0 Å². The molecule has 0 saturated carbocycles. The zero-order valence-corrected chi connectivity index (χ0v) is 13.0. The highest BCUT2D eigenvalue weighted by molar-refractivity contribution is 7.99. The molecular weight excluding hydrogens is 250 g/mol. The molecule has 0 aliphatic carbocycles. The van der Waals surface area contributed by atoms with Gasteiger partial charge in [0, 0.05) is 23.1 Å². The second-order valence-electron chi connectivity index (χ2n) is 6.51. The zero-order chi connectivity index (χ0) is 13.3. The summed E-state index contributed by atoms with van der Waals surface area (Å²) in [7, 11) is 0. The summed E-state index contributed by atoms with van der Waals surface area (Å²) < 4.78 is 0. The van der Waals surface area contributed by atoms with Gasteiger partial charge >= 0.3 is 0 Å². The summed E-state index contributed by atoms with van der Waals surface area (Å²) >= 11 is 2.04. The van der Waals surface area contributed by atoms with Gasteiger partial charge in [-0.3, -0.25) is 0 Å². The number of rotatable bonds is 3. The van der Waals surface area contributed by atoms with Crippen LogP contribution in [0.5, 0.6) is 0 Å². The van der Waals surface area contributed by atoms with Gasteiger partial charge in [-0.05, 0) is 43.0 Å². The van der Waals surface area contributed by atoms with Gasteiger partial charge in [0.1, 0.15) is 0 Å². The van der Waals surface area contributed by atoms with Crippen molar-refractivity contribution in [2.45, 2.75) is 43.9 Å². The zero-order valence-electron chi connectivity index (χ0n) is 12.2. The highest BCUT2D eigenvalue weighted by Gasteiger charge is 2.31. The van der Waals surface area contributed by atoms with Crippen molar-refractivity contribution in [3.63, 3.8) is 0 Å². The summed E-state index contributed by atoms with van der Waals surface area (Å²) in [6.07, 6.45) is 4.10. The van der Waals surface area contributed by atoms with E-state index >= 15 is 0 Å². The number of nitrogens with zero attached hydrogens (tertiary/aromatic N) is 1. The standard InChI is InChI=1S/C17H25NS/c1-3-17(2)8-10-18(11-9-17)12-14-13-19-16-7-5-4-6-15(14)16/h4-7,14H,3,8-13H2,1-2H3. The first kappa shape index (κ1) is 13.5. The molecule has 0 aromatic heterocycles. The first-order valence-corrected chi connectivity index (χ1v) is 8.63. The van der Waals surface area contributed by atoms with Crippen LogP contribution in [0.25, 0.3) is 0 Å². The molecule has 1 fully saturated rings. The molecule has 0 amide bonds. The first-order chi connectivity index (χ1) is 9.20. The van der Waals surface area contributed by atoms with Crippen molar-refractivity contribution >= 4 is 11.8 Å². The molecule has 2 heterocycles. The fraction of sp³-hybridized carbons (Fsp3) is 0.647. The third kappa shape index (κ3) is 2.85. The maximum atomic E-state index is 2.70. The van der Waals surface area contributed by atoms with Gasteiger partial charge in [0.2, 0.25) is 0 Å². The fourth-order valence-electron chi connectivity index (χ4n) is 3.32. The Balaban J connectivity index is 1.59. The molecule has 1 aromatic carbocycles. The highest BCUT2D eigenvalue weighted by Crippen LogP contribution is 2.41. The summed E-state index contributed by atoms with van der Waals surface area (Å²) in [5.41, 5.74) is 2.20. The third-order valence-corrected chi connectivity index (χ3v) is 6.45. The van der Waals surface area contributed by atoms with Gasteiger partial charge < -0.3 is 4.90 Å². The summed E-state index contributed by atoms with van der Waals surface area (Å²) in [6.45, 7) is 8.68. The van der Waals surface area contributed by atoms with Crippen molar-refractivity contribution in [1.29, 1.82) is 0 Å². The van der Waals surface area contributed by atoms with E-state index in [1.807, 2.05) is 11.8 Å². The monoisotopic (exact) mass is 275 g/mol. The third-order valence-electron chi connectivity index (χ3n) is 5.19. The minimum atomic E-state index is 0.610. The molecule has 1 unspecified atom stereocenters. The van der Waals surface area contributed by atoms with E-state index in [1.165, 1.54) is 49.5 Å². The summed E-state index contributed by atoms with van der Waals surface area (Å²) in [4.78, 5) is 4.22. The first-order valence-electron chi connectivity index (χ1n) is 7.64.